The van der Waals surface area contributed by atoms with Crippen molar-refractivity contribution in [1.29, 1.82) is 0 Å². The van der Waals surface area contributed by atoms with Crippen LogP contribution in [0.3, 0.4) is 0 Å². The summed E-state index contributed by atoms with van der Waals surface area (Å²) in [6.07, 6.45) is 0. The summed E-state index contributed by atoms with van der Waals surface area (Å²) in [5.41, 5.74) is 0. The largest absolute Gasteiger partial charge is 0.508 e. The monoisotopic (exact) mass is 256 g/mol. The Kier molecular flexibility index (Phi) is 2.61. The van der Waals surface area contributed by atoms with Gasteiger partial charge in [-0.1, -0.05) is 11.3 Å². The van der Waals surface area contributed by atoms with Gasteiger partial charge in [-0.15, -0.1) is 0 Å². The quantitative estimate of drug-likeness (QED) is 0.861. The molecule has 2 N–H and O–H groups in total. The van der Waals surface area contributed by atoms with E-state index in [2.05, 4.69) is 0 Å². The van der Waals surface area contributed by atoms with Crippen molar-refractivity contribution in [3.8, 4) is 10.8 Å². The van der Waals surface area contributed by atoms with Crippen LogP contribution in [0.5, 0.6) is 10.8 Å². The lowest BCUT2D eigenvalue weighted by molar-refractivity contribution is 0.474. The minimum atomic E-state index is -3.59. The number of thiophene rings is 1. The first-order chi connectivity index (χ1) is 7.50. The number of hydrogen-bond acceptors (Lipinski definition) is 5. The molecule has 16 heavy (non-hydrogen) atoms. The molecule has 0 amide bonds. The van der Waals surface area contributed by atoms with E-state index in [1.807, 2.05) is 0 Å². The number of rotatable bonds is 2. The fraction of sp³-hybridized carbons (Fsp3) is 0. The molecule has 0 saturated heterocycles. The first-order valence-electron chi connectivity index (χ1n) is 4.33. The zero-order chi connectivity index (χ0) is 11.8. The summed E-state index contributed by atoms with van der Waals surface area (Å²) in [6.45, 7) is 0. The highest BCUT2D eigenvalue weighted by Crippen LogP contribution is 2.31. The number of phenols is 1. The van der Waals surface area contributed by atoms with Gasteiger partial charge in [-0.05, 0) is 36.4 Å². The normalized spacial score (nSPS) is 11.5. The third kappa shape index (κ3) is 1.89. The number of sulfone groups is 1. The van der Waals surface area contributed by atoms with Gasteiger partial charge < -0.3 is 10.2 Å². The first-order valence-corrected chi connectivity index (χ1v) is 6.63. The lowest BCUT2D eigenvalue weighted by Gasteiger charge is -2.01. The van der Waals surface area contributed by atoms with E-state index in [-0.39, 0.29) is 19.9 Å². The molecule has 1 aromatic heterocycles. The van der Waals surface area contributed by atoms with Gasteiger partial charge in [0.05, 0.1) is 4.90 Å². The Bertz CT molecular complexity index is 596. The Labute approximate surface area is 96.3 Å². The summed E-state index contributed by atoms with van der Waals surface area (Å²) in [7, 11) is -3.59. The minimum Gasteiger partial charge on any atom is -0.508 e. The van der Waals surface area contributed by atoms with Crippen molar-refractivity contribution in [1.82, 2.24) is 0 Å². The molecule has 1 aromatic carbocycles. The van der Waals surface area contributed by atoms with Gasteiger partial charge in [-0.2, -0.15) is 0 Å². The summed E-state index contributed by atoms with van der Waals surface area (Å²) in [5, 5.41) is 18.1. The van der Waals surface area contributed by atoms with Crippen LogP contribution in [0, 0.1) is 0 Å². The van der Waals surface area contributed by atoms with Gasteiger partial charge in [0.1, 0.15) is 9.96 Å². The second-order valence-electron chi connectivity index (χ2n) is 3.09. The highest BCUT2D eigenvalue weighted by Gasteiger charge is 2.19. The van der Waals surface area contributed by atoms with Crippen molar-refractivity contribution in [2.45, 2.75) is 9.10 Å². The van der Waals surface area contributed by atoms with Crippen LogP contribution < -0.4 is 0 Å². The van der Waals surface area contributed by atoms with E-state index < -0.39 is 9.84 Å². The fourth-order valence-electron chi connectivity index (χ4n) is 1.20. The van der Waals surface area contributed by atoms with Gasteiger partial charge in [-0.3, -0.25) is 0 Å². The van der Waals surface area contributed by atoms with Crippen LogP contribution in [-0.4, -0.2) is 18.6 Å². The second kappa shape index (κ2) is 3.80. The lowest BCUT2D eigenvalue weighted by atomic mass is 10.3. The molecular weight excluding hydrogens is 248 g/mol. The van der Waals surface area contributed by atoms with Crippen molar-refractivity contribution in [2.24, 2.45) is 0 Å². The number of hydrogen-bond donors (Lipinski definition) is 2. The zero-order valence-electron chi connectivity index (χ0n) is 7.99. The molecule has 0 spiro atoms. The van der Waals surface area contributed by atoms with Gasteiger partial charge in [0, 0.05) is 0 Å². The van der Waals surface area contributed by atoms with E-state index in [9.17, 15) is 8.42 Å². The Balaban J connectivity index is 2.51. The van der Waals surface area contributed by atoms with Gasteiger partial charge in [-0.25, -0.2) is 8.42 Å². The molecule has 0 fully saturated rings. The Morgan fingerprint density at radius 1 is 0.938 bits per heavy atom. The standard InChI is InChI=1S/C10H8O4S2/c11-7-1-3-8(4-2-7)16(13,14)10-6-5-9(12)15-10/h1-6,11-12H. The van der Waals surface area contributed by atoms with E-state index in [1.165, 1.54) is 36.4 Å². The van der Waals surface area contributed by atoms with Crippen molar-refractivity contribution in [2.75, 3.05) is 0 Å². The highest BCUT2D eigenvalue weighted by molar-refractivity contribution is 7.93. The molecule has 0 atom stereocenters. The molecule has 6 heteroatoms. The molecule has 2 aromatic rings. The maximum absolute atomic E-state index is 12.0. The number of phenolic OH excluding ortho intramolecular Hbond substituents is 1. The van der Waals surface area contributed by atoms with E-state index in [1.54, 1.807) is 0 Å². The lowest BCUT2D eigenvalue weighted by Crippen LogP contribution is -1.98. The molecule has 0 aliphatic rings. The van der Waals surface area contributed by atoms with Crippen molar-refractivity contribution >= 4 is 21.2 Å². The van der Waals surface area contributed by atoms with Crippen LogP contribution in [0.2, 0.25) is 0 Å². The summed E-state index contributed by atoms with van der Waals surface area (Å²) in [6, 6.07) is 7.93. The molecular formula is C10H8O4S2. The smallest absolute Gasteiger partial charge is 0.216 e. The van der Waals surface area contributed by atoms with Crippen LogP contribution in [-0.2, 0) is 9.84 Å². The van der Waals surface area contributed by atoms with Gasteiger partial charge in [0.2, 0.25) is 9.84 Å². The van der Waals surface area contributed by atoms with E-state index in [0.29, 0.717) is 0 Å². The summed E-state index contributed by atoms with van der Waals surface area (Å²) in [4.78, 5) is 0.0900. The van der Waals surface area contributed by atoms with E-state index in [4.69, 9.17) is 10.2 Å². The van der Waals surface area contributed by atoms with Crippen LogP contribution in [0.15, 0.2) is 45.5 Å². The summed E-state index contributed by atoms with van der Waals surface area (Å²) < 4.78 is 24.0. The predicted molar refractivity (Wildman–Crippen MR) is 59.5 cm³/mol. The second-order valence-corrected chi connectivity index (χ2v) is 6.33. The van der Waals surface area contributed by atoms with Gasteiger partial charge in [0.15, 0.2) is 5.06 Å². The SMILES string of the molecule is O=S(=O)(c1ccc(O)cc1)c1ccc(O)s1. The Morgan fingerprint density at radius 2 is 1.56 bits per heavy atom. The number of benzene rings is 1. The molecule has 4 nitrogen and oxygen atoms in total. The zero-order valence-corrected chi connectivity index (χ0v) is 9.62. The molecule has 1 heterocycles. The maximum atomic E-state index is 12.0. The van der Waals surface area contributed by atoms with Gasteiger partial charge >= 0.3 is 0 Å². The van der Waals surface area contributed by atoms with Crippen molar-refractivity contribution < 1.29 is 18.6 Å². The average Bonchev–Trinajstić information content (AvgIpc) is 2.66. The average molecular weight is 256 g/mol. The molecule has 0 saturated carbocycles. The predicted octanol–water partition coefficient (Wildman–Crippen LogP) is 1.99. The van der Waals surface area contributed by atoms with Crippen LogP contribution in [0.4, 0.5) is 0 Å². The van der Waals surface area contributed by atoms with Crippen LogP contribution in [0.1, 0.15) is 0 Å². The van der Waals surface area contributed by atoms with E-state index >= 15 is 0 Å². The third-order valence-electron chi connectivity index (χ3n) is 1.98. The Hall–Kier alpha value is -1.53. The summed E-state index contributed by atoms with van der Waals surface area (Å²) >= 11 is 0.799. The third-order valence-corrected chi connectivity index (χ3v) is 5.13. The molecule has 0 radical (unpaired) electrons. The van der Waals surface area contributed by atoms with E-state index in [0.717, 1.165) is 11.3 Å². The molecule has 0 aliphatic heterocycles. The van der Waals surface area contributed by atoms with Gasteiger partial charge in [0.25, 0.3) is 0 Å². The van der Waals surface area contributed by atoms with Crippen LogP contribution >= 0.6 is 11.3 Å². The number of aromatic hydroxyl groups is 2. The molecule has 0 unspecified atom stereocenters. The fourth-order valence-corrected chi connectivity index (χ4v) is 3.63. The van der Waals surface area contributed by atoms with Crippen LogP contribution in [0.25, 0.3) is 0 Å². The summed E-state index contributed by atoms with van der Waals surface area (Å²) in [5.74, 6) is 0.00739. The highest BCUT2D eigenvalue weighted by atomic mass is 32.2. The molecule has 2 rings (SSSR count). The molecule has 84 valence electrons. The molecule has 0 bridgehead atoms. The molecule has 0 aliphatic carbocycles. The topological polar surface area (TPSA) is 74.6 Å². The van der Waals surface area contributed by atoms with Crippen molar-refractivity contribution in [3.05, 3.63) is 36.4 Å². The first kappa shape index (κ1) is 11.0. The van der Waals surface area contributed by atoms with Crippen molar-refractivity contribution in [3.63, 3.8) is 0 Å². The Morgan fingerprint density at radius 3 is 2.06 bits per heavy atom. The minimum absolute atomic E-state index is 0.00739. The maximum Gasteiger partial charge on any atom is 0.216 e.